The number of para-hydroxylation sites is 1. The third kappa shape index (κ3) is 2.73. The van der Waals surface area contributed by atoms with E-state index in [-0.39, 0.29) is 6.04 Å². The first-order chi connectivity index (χ1) is 10.9. The number of hydrogen-bond donors (Lipinski definition) is 1. The molecule has 1 heterocycles. The lowest BCUT2D eigenvalue weighted by atomic mass is 9.92. The van der Waals surface area contributed by atoms with Gasteiger partial charge in [0, 0.05) is 5.92 Å². The molecule has 1 atom stereocenters. The Hall–Kier alpha value is -1.87. The topological polar surface area (TPSA) is 24.9 Å². The van der Waals surface area contributed by atoms with Gasteiger partial charge in [-0.05, 0) is 43.4 Å². The van der Waals surface area contributed by atoms with Gasteiger partial charge in [0.25, 0.3) is 0 Å². The third-order valence-electron chi connectivity index (χ3n) is 3.72. The molecule has 0 spiro atoms. The Morgan fingerprint density at radius 2 is 1.59 bits per heavy atom. The molecule has 1 saturated carbocycles. The molecule has 0 saturated heterocycles. The minimum absolute atomic E-state index is 0.122. The van der Waals surface area contributed by atoms with E-state index in [1.807, 2.05) is 12.1 Å². The zero-order valence-electron chi connectivity index (χ0n) is 11.9. The summed E-state index contributed by atoms with van der Waals surface area (Å²) in [6, 6.07) is 18.9. The van der Waals surface area contributed by atoms with Crippen LogP contribution < -0.4 is 5.32 Å². The van der Waals surface area contributed by atoms with E-state index in [4.69, 9.17) is 4.98 Å². The first-order valence-electron chi connectivity index (χ1n) is 7.29. The van der Waals surface area contributed by atoms with Crippen LogP contribution in [-0.2, 0) is 0 Å². The van der Waals surface area contributed by atoms with Crippen molar-refractivity contribution in [3.05, 3.63) is 91.8 Å². The van der Waals surface area contributed by atoms with Crippen molar-refractivity contribution in [1.82, 2.24) is 4.98 Å². The van der Waals surface area contributed by atoms with Gasteiger partial charge in [0.15, 0.2) is 5.13 Å². The van der Waals surface area contributed by atoms with Crippen LogP contribution in [0.1, 0.15) is 11.6 Å². The minimum Gasteiger partial charge on any atom is -0.354 e. The van der Waals surface area contributed by atoms with Crippen LogP contribution in [0.5, 0.6) is 0 Å². The normalized spacial score (nSPS) is 16.9. The molecular weight excluding hydrogens is 288 g/mol. The van der Waals surface area contributed by atoms with E-state index in [0.29, 0.717) is 0 Å². The molecule has 1 aliphatic rings. The van der Waals surface area contributed by atoms with Crippen LogP contribution in [0, 0.1) is 31.6 Å². The SMILES string of the molecule is [CH]1[CH][CH][C](C(Nc2nc3ccccc3s2)c2ccccc2)[CH]1. The zero-order valence-corrected chi connectivity index (χ0v) is 12.8. The van der Waals surface area contributed by atoms with Gasteiger partial charge in [-0.25, -0.2) is 4.98 Å². The first-order valence-corrected chi connectivity index (χ1v) is 8.10. The molecule has 2 nitrogen and oxygen atoms in total. The average molecular weight is 303 g/mol. The summed E-state index contributed by atoms with van der Waals surface area (Å²) in [5, 5.41) is 4.55. The molecule has 3 heteroatoms. The van der Waals surface area contributed by atoms with Gasteiger partial charge >= 0.3 is 0 Å². The van der Waals surface area contributed by atoms with Gasteiger partial charge in [0.1, 0.15) is 0 Å². The summed E-state index contributed by atoms with van der Waals surface area (Å²) in [5.41, 5.74) is 2.29. The number of anilines is 1. The van der Waals surface area contributed by atoms with Crippen LogP contribution in [0.4, 0.5) is 5.13 Å². The highest BCUT2D eigenvalue weighted by Gasteiger charge is 2.28. The van der Waals surface area contributed by atoms with Crippen molar-refractivity contribution < 1.29 is 0 Å². The maximum atomic E-state index is 4.70. The molecule has 0 bridgehead atoms. The lowest BCUT2D eigenvalue weighted by molar-refractivity contribution is 0.842. The maximum Gasteiger partial charge on any atom is 0.184 e. The predicted octanol–water partition coefficient (Wildman–Crippen LogP) is 4.85. The van der Waals surface area contributed by atoms with Crippen molar-refractivity contribution in [2.45, 2.75) is 6.04 Å². The highest BCUT2D eigenvalue weighted by Crippen LogP contribution is 2.38. The van der Waals surface area contributed by atoms with Crippen LogP contribution in [-0.4, -0.2) is 4.98 Å². The van der Waals surface area contributed by atoms with E-state index in [1.54, 1.807) is 11.3 Å². The Kier molecular flexibility index (Phi) is 3.81. The van der Waals surface area contributed by atoms with E-state index in [0.717, 1.165) is 10.6 Å². The molecule has 1 unspecified atom stereocenters. The average Bonchev–Trinajstić information content (AvgIpc) is 3.22. The molecule has 1 aromatic heterocycles. The standard InChI is InChI=1S/C19H15N2S/c1-2-8-14(9-3-1)18(15-10-4-5-11-15)21-19-20-16-12-6-7-13-17(16)22-19/h1-13,18H,(H,20,21). The monoisotopic (exact) mass is 303 g/mol. The quantitative estimate of drug-likeness (QED) is 0.745. The van der Waals surface area contributed by atoms with Crippen molar-refractivity contribution in [3.8, 4) is 0 Å². The smallest absolute Gasteiger partial charge is 0.184 e. The second kappa shape index (κ2) is 6.09. The lowest BCUT2D eigenvalue weighted by Gasteiger charge is -2.24. The van der Waals surface area contributed by atoms with Gasteiger partial charge in [-0.15, -0.1) is 0 Å². The second-order valence-electron chi connectivity index (χ2n) is 5.19. The first kappa shape index (κ1) is 13.8. The summed E-state index contributed by atoms with van der Waals surface area (Å²) in [7, 11) is 0. The Labute approximate surface area is 135 Å². The van der Waals surface area contributed by atoms with E-state index < -0.39 is 0 Å². The molecule has 0 amide bonds. The molecule has 4 rings (SSSR count). The molecule has 22 heavy (non-hydrogen) atoms. The van der Waals surface area contributed by atoms with E-state index in [9.17, 15) is 0 Å². The molecule has 107 valence electrons. The fraction of sp³-hybridized carbons (Fsp3) is 0.0526. The summed E-state index contributed by atoms with van der Waals surface area (Å²) in [4.78, 5) is 4.70. The van der Waals surface area contributed by atoms with Crippen LogP contribution in [0.2, 0.25) is 0 Å². The molecule has 3 aromatic rings. The molecule has 1 aliphatic carbocycles. The Morgan fingerprint density at radius 3 is 2.36 bits per heavy atom. The second-order valence-corrected chi connectivity index (χ2v) is 6.22. The van der Waals surface area contributed by atoms with Crippen molar-refractivity contribution in [3.63, 3.8) is 0 Å². The van der Waals surface area contributed by atoms with Gasteiger partial charge in [0.05, 0.1) is 16.3 Å². The number of thiazole rings is 1. The van der Waals surface area contributed by atoms with Crippen molar-refractivity contribution in [1.29, 1.82) is 0 Å². The number of hydrogen-bond acceptors (Lipinski definition) is 3. The fourth-order valence-corrected chi connectivity index (χ4v) is 3.54. The number of rotatable bonds is 4. The van der Waals surface area contributed by atoms with Crippen LogP contribution in [0.15, 0.2) is 54.6 Å². The van der Waals surface area contributed by atoms with Gasteiger partial charge in [-0.3, -0.25) is 0 Å². The third-order valence-corrected chi connectivity index (χ3v) is 4.68. The van der Waals surface area contributed by atoms with Crippen LogP contribution in [0.3, 0.4) is 0 Å². The Bertz CT molecular complexity index is 711. The maximum absolute atomic E-state index is 4.70. The minimum atomic E-state index is 0.122. The Balaban J connectivity index is 1.65. The van der Waals surface area contributed by atoms with Gasteiger partial charge in [-0.2, -0.15) is 0 Å². The molecular formula is C19H15N2S. The fourth-order valence-electron chi connectivity index (χ4n) is 2.64. The number of aromatic nitrogens is 1. The van der Waals surface area contributed by atoms with E-state index in [2.05, 4.69) is 73.5 Å². The Morgan fingerprint density at radius 1 is 0.864 bits per heavy atom. The summed E-state index contributed by atoms with van der Waals surface area (Å²) in [6.45, 7) is 0. The van der Waals surface area contributed by atoms with Gasteiger partial charge < -0.3 is 5.32 Å². The molecule has 1 fully saturated rings. The van der Waals surface area contributed by atoms with Gasteiger partial charge in [0.2, 0.25) is 0 Å². The van der Waals surface area contributed by atoms with Crippen LogP contribution >= 0.6 is 11.3 Å². The predicted molar refractivity (Wildman–Crippen MR) is 92.9 cm³/mol. The van der Waals surface area contributed by atoms with E-state index in [1.165, 1.54) is 16.2 Å². The largest absolute Gasteiger partial charge is 0.354 e. The van der Waals surface area contributed by atoms with E-state index >= 15 is 0 Å². The molecule has 0 aliphatic heterocycles. The van der Waals surface area contributed by atoms with Gasteiger partial charge in [-0.1, -0.05) is 53.8 Å². The molecule has 5 radical (unpaired) electrons. The van der Waals surface area contributed by atoms with Crippen molar-refractivity contribution >= 4 is 26.7 Å². The number of fused-ring (bicyclic) bond motifs is 1. The van der Waals surface area contributed by atoms with Crippen molar-refractivity contribution in [2.24, 2.45) is 0 Å². The summed E-state index contributed by atoms with van der Waals surface area (Å²) in [6.07, 6.45) is 8.45. The lowest BCUT2D eigenvalue weighted by Crippen LogP contribution is -2.18. The number of nitrogens with one attached hydrogen (secondary N) is 1. The number of nitrogens with zero attached hydrogens (tertiary/aromatic N) is 1. The molecule has 2 aromatic carbocycles. The van der Waals surface area contributed by atoms with Crippen molar-refractivity contribution in [2.75, 3.05) is 5.32 Å². The summed E-state index contributed by atoms with van der Waals surface area (Å²) < 4.78 is 1.21. The highest BCUT2D eigenvalue weighted by atomic mass is 32.1. The van der Waals surface area contributed by atoms with Crippen LogP contribution in [0.25, 0.3) is 10.2 Å². The number of benzene rings is 2. The molecule has 1 N–H and O–H groups in total. The summed E-state index contributed by atoms with van der Waals surface area (Å²) in [5.74, 6) is 1.26. The highest BCUT2D eigenvalue weighted by molar-refractivity contribution is 7.22. The summed E-state index contributed by atoms with van der Waals surface area (Å²) >= 11 is 1.70. The zero-order chi connectivity index (χ0) is 14.8.